The average Bonchev–Trinajstić information content (AvgIpc) is 3.34. The first-order valence-electron chi connectivity index (χ1n) is 10.7. The minimum Gasteiger partial charge on any atom is -0.496 e. The third kappa shape index (κ3) is 2.79. The lowest BCUT2D eigenvalue weighted by atomic mass is 9.78. The molecule has 5 rings (SSSR count). The van der Waals surface area contributed by atoms with Crippen LogP contribution in [0.3, 0.4) is 0 Å². The maximum atomic E-state index is 13.6. The molecule has 0 radical (unpaired) electrons. The van der Waals surface area contributed by atoms with E-state index in [1.54, 1.807) is 24.1 Å². The molecule has 2 atom stereocenters. The number of likely N-dealkylation sites (N-methyl/N-ethyl adjacent to an activating group) is 1. The standard InChI is InChI=1S/C25H28N2O3/c1-25-15-27(13-18-11-16-7-6-8-17(16)12-21(18)30-3)14-22(25)26(2)24(29)20-10-5-4-9-19(20)23(25)28/h4-5,9-12,22H,6-8,13-15H2,1-3H3/t22-,25+/m1/s1. The molecule has 0 spiro atoms. The summed E-state index contributed by atoms with van der Waals surface area (Å²) < 4.78 is 5.69. The van der Waals surface area contributed by atoms with Crippen LogP contribution in [-0.2, 0) is 19.4 Å². The smallest absolute Gasteiger partial charge is 0.254 e. The second kappa shape index (κ2) is 6.95. The fourth-order valence-corrected chi connectivity index (χ4v) is 5.69. The van der Waals surface area contributed by atoms with Crippen LogP contribution in [0, 0.1) is 5.41 Å². The Balaban J connectivity index is 1.48. The van der Waals surface area contributed by atoms with Crippen LogP contribution in [0.4, 0.5) is 0 Å². The van der Waals surface area contributed by atoms with E-state index < -0.39 is 5.41 Å². The number of ketones is 1. The molecule has 1 saturated heterocycles. The molecule has 30 heavy (non-hydrogen) atoms. The molecule has 0 bridgehead atoms. The van der Waals surface area contributed by atoms with Gasteiger partial charge in [-0.15, -0.1) is 0 Å². The van der Waals surface area contributed by atoms with Gasteiger partial charge in [-0.2, -0.15) is 0 Å². The second-order valence-electron chi connectivity index (χ2n) is 9.18. The summed E-state index contributed by atoms with van der Waals surface area (Å²) in [6.07, 6.45) is 3.45. The summed E-state index contributed by atoms with van der Waals surface area (Å²) in [5.74, 6) is 0.933. The van der Waals surface area contributed by atoms with Gasteiger partial charge in [0.2, 0.25) is 0 Å². The Hall–Kier alpha value is -2.66. The van der Waals surface area contributed by atoms with Crippen LogP contribution in [0.1, 0.15) is 50.8 Å². The summed E-state index contributed by atoms with van der Waals surface area (Å²) in [4.78, 5) is 30.8. The number of aryl methyl sites for hydroxylation is 2. The topological polar surface area (TPSA) is 49.9 Å². The zero-order chi connectivity index (χ0) is 21.0. The molecule has 0 N–H and O–H groups in total. The Morgan fingerprint density at radius 1 is 1.10 bits per heavy atom. The summed E-state index contributed by atoms with van der Waals surface area (Å²) >= 11 is 0. The number of rotatable bonds is 3. The predicted octanol–water partition coefficient (Wildman–Crippen LogP) is 3.34. The van der Waals surface area contributed by atoms with E-state index in [2.05, 4.69) is 17.0 Å². The third-order valence-electron chi connectivity index (χ3n) is 7.32. The van der Waals surface area contributed by atoms with Gasteiger partial charge in [0.25, 0.3) is 5.91 Å². The van der Waals surface area contributed by atoms with Gasteiger partial charge in [-0.05, 0) is 49.4 Å². The minimum absolute atomic E-state index is 0.0652. The molecule has 2 aromatic carbocycles. The largest absolute Gasteiger partial charge is 0.496 e. The maximum Gasteiger partial charge on any atom is 0.254 e. The first kappa shape index (κ1) is 19.3. The van der Waals surface area contributed by atoms with E-state index >= 15 is 0 Å². The van der Waals surface area contributed by atoms with Crippen LogP contribution in [0.25, 0.3) is 0 Å². The number of hydrogen-bond donors (Lipinski definition) is 0. The van der Waals surface area contributed by atoms with Crippen molar-refractivity contribution in [1.29, 1.82) is 0 Å². The van der Waals surface area contributed by atoms with E-state index in [-0.39, 0.29) is 17.7 Å². The van der Waals surface area contributed by atoms with Gasteiger partial charge in [0.15, 0.2) is 5.78 Å². The molecule has 1 amide bonds. The lowest BCUT2D eigenvalue weighted by Crippen LogP contribution is -2.47. The first-order valence-corrected chi connectivity index (χ1v) is 10.7. The van der Waals surface area contributed by atoms with Gasteiger partial charge >= 0.3 is 0 Å². The summed E-state index contributed by atoms with van der Waals surface area (Å²) in [7, 11) is 3.56. The Kier molecular flexibility index (Phi) is 4.47. The molecule has 3 aliphatic rings. The summed E-state index contributed by atoms with van der Waals surface area (Å²) in [5.41, 5.74) is 4.43. The van der Waals surface area contributed by atoms with Gasteiger partial charge in [-0.3, -0.25) is 14.5 Å². The van der Waals surface area contributed by atoms with Gasteiger partial charge in [-0.25, -0.2) is 0 Å². The van der Waals surface area contributed by atoms with Crippen LogP contribution < -0.4 is 4.74 Å². The molecule has 0 saturated carbocycles. The van der Waals surface area contributed by atoms with Crippen molar-refractivity contribution < 1.29 is 14.3 Å². The summed E-state index contributed by atoms with van der Waals surface area (Å²) in [6, 6.07) is 11.6. The number of Topliss-reactive ketones (excluding diaryl/α,β-unsaturated/α-hetero) is 1. The molecule has 5 heteroatoms. The van der Waals surface area contributed by atoms with Crippen LogP contribution in [-0.4, -0.2) is 54.8 Å². The Morgan fingerprint density at radius 2 is 1.80 bits per heavy atom. The highest BCUT2D eigenvalue weighted by molar-refractivity contribution is 6.12. The van der Waals surface area contributed by atoms with Crippen molar-refractivity contribution in [2.75, 3.05) is 27.2 Å². The molecule has 2 heterocycles. The number of likely N-dealkylation sites (tertiary alicyclic amines) is 1. The number of ether oxygens (including phenoxy) is 1. The summed E-state index contributed by atoms with van der Waals surface area (Å²) in [5, 5.41) is 0. The predicted molar refractivity (Wildman–Crippen MR) is 115 cm³/mol. The van der Waals surface area contributed by atoms with Crippen molar-refractivity contribution in [3.8, 4) is 5.75 Å². The van der Waals surface area contributed by atoms with E-state index in [1.807, 2.05) is 26.1 Å². The van der Waals surface area contributed by atoms with Crippen molar-refractivity contribution >= 4 is 11.7 Å². The Labute approximate surface area is 177 Å². The number of hydrogen-bond acceptors (Lipinski definition) is 4. The zero-order valence-corrected chi connectivity index (χ0v) is 17.9. The summed E-state index contributed by atoms with van der Waals surface area (Å²) in [6.45, 7) is 4.05. The molecule has 156 valence electrons. The molecular formula is C25H28N2O3. The highest BCUT2D eigenvalue weighted by Crippen LogP contribution is 2.41. The maximum absolute atomic E-state index is 13.6. The fourth-order valence-electron chi connectivity index (χ4n) is 5.69. The monoisotopic (exact) mass is 404 g/mol. The number of carbonyl (C=O) groups is 2. The SMILES string of the molecule is COc1cc2c(cc1CN1C[C@H]3N(C)C(=O)c4ccccc4C(=O)[C@@]3(C)C1)CCC2. The van der Waals surface area contributed by atoms with Gasteiger partial charge in [0.05, 0.1) is 24.1 Å². The molecule has 0 aromatic heterocycles. The van der Waals surface area contributed by atoms with Crippen molar-refractivity contribution in [3.05, 3.63) is 64.2 Å². The molecule has 0 unspecified atom stereocenters. The number of nitrogens with zero attached hydrogens (tertiary/aromatic N) is 2. The van der Waals surface area contributed by atoms with Crippen molar-refractivity contribution in [1.82, 2.24) is 9.80 Å². The Bertz CT molecular complexity index is 1050. The molecule has 5 nitrogen and oxygen atoms in total. The number of fused-ring (bicyclic) bond motifs is 3. The lowest BCUT2D eigenvalue weighted by molar-refractivity contribution is 0.0606. The van der Waals surface area contributed by atoms with Gasteiger partial charge < -0.3 is 9.64 Å². The molecule has 1 aliphatic carbocycles. The van der Waals surface area contributed by atoms with Gasteiger partial charge in [0.1, 0.15) is 5.75 Å². The quantitative estimate of drug-likeness (QED) is 0.787. The van der Waals surface area contributed by atoms with Gasteiger partial charge in [-0.1, -0.05) is 24.3 Å². The van der Waals surface area contributed by atoms with Crippen molar-refractivity contribution in [3.63, 3.8) is 0 Å². The van der Waals surface area contributed by atoms with Gasteiger partial charge in [0, 0.05) is 37.8 Å². The highest BCUT2D eigenvalue weighted by Gasteiger charge is 2.53. The van der Waals surface area contributed by atoms with E-state index in [1.165, 1.54) is 23.1 Å². The zero-order valence-electron chi connectivity index (χ0n) is 17.9. The molecule has 2 aliphatic heterocycles. The number of methoxy groups -OCH3 is 1. The normalized spacial score (nSPS) is 25.7. The van der Waals surface area contributed by atoms with E-state index in [0.717, 1.165) is 25.1 Å². The van der Waals surface area contributed by atoms with E-state index in [9.17, 15) is 9.59 Å². The molecular weight excluding hydrogens is 376 g/mol. The second-order valence-corrected chi connectivity index (χ2v) is 9.18. The van der Waals surface area contributed by atoms with Crippen LogP contribution in [0.5, 0.6) is 5.75 Å². The van der Waals surface area contributed by atoms with Crippen LogP contribution in [0.15, 0.2) is 36.4 Å². The van der Waals surface area contributed by atoms with Crippen molar-refractivity contribution in [2.24, 2.45) is 5.41 Å². The number of benzene rings is 2. The highest BCUT2D eigenvalue weighted by atomic mass is 16.5. The molecule has 1 fully saturated rings. The number of amides is 1. The first-order chi connectivity index (χ1) is 14.4. The lowest BCUT2D eigenvalue weighted by Gasteiger charge is -2.32. The Morgan fingerprint density at radius 3 is 2.53 bits per heavy atom. The van der Waals surface area contributed by atoms with Crippen LogP contribution in [0.2, 0.25) is 0 Å². The van der Waals surface area contributed by atoms with Crippen LogP contribution >= 0.6 is 0 Å². The van der Waals surface area contributed by atoms with Crippen molar-refractivity contribution in [2.45, 2.75) is 38.8 Å². The van der Waals surface area contributed by atoms with E-state index in [4.69, 9.17) is 4.74 Å². The average molecular weight is 405 g/mol. The number of carbonyl (C=O) groups excluding carboxylic acids is 2. The fraction of sp³-hybridized carbons (Fsp3) is 0.440. The minimum atomic E-state index is -0.624. The third-order valence-corrected chi connectivity index (χ3v) is 7.32. The van der Waals surface area contributed by atoms with E-state index in [0.29, 0.717) is 24.2 Å². The molecule has 2 aromatic rings.